The van der Waals surface area contributed by atoms with Crippen LogP contribution in [0.15, 0.2) is 48.0 Å². The lowest BCUT2D eigenvalue weighted by Crippen LogP contribution is -2.52. The summed E-state index contributed by atoms with van der Waals surface area (Å²) in [5.41, 5.74) is 1.25. The molecule has 0 spiro atoms. The molecule has 22 heavy (non-hydrogen) atoms. The first-order valence-corrected chi connectivity index (χ1v) is 7.70. The molecule has 0 aromatic heterocycles. The summed E-state index contributed by atoms with van der Waals surface area (Å²) in [6, 6.07) is 12.6. The van der Waals surface area contributed by atoms with Crippen molar-refractivity contribution in [3.05, 3.63) is 53.6 Å². The SMILES string of the molecule is CC1=C[C@@H](C)[C@@H]2c3cc4ccccc4cc3O[C@]2(C)NC1=O. The molecule has 4 rings (SSSR count). The fourth-order valence-corrected chi connectivity index (χ4v) is 3.94. The van der Waals surface area contributed by atoms with Crippen LogP contribution in [0, 0.1) is 5.92 Å². The third kappa shape index (κ3) is 1.78. The molecule has 0 radical (unpaired) electrons. The predicted molar refractivity (Wildman–Crippen MR) is 86.8 cm³/mol. The van der Waals surface area contributed by atoms with Crippen molar-refractivity contribution in [2.24, 2.45) is 5.92 Å². The van der Waals surface area contributed by atoms with Crippen LogP contribution in [0.5, 0.6) is 5.75 Å². The van der Waals surface area contributed by atoms with E-state index in [0.717, 1.165) is 16.7 Å². The van der Waals surface area contributed by atoms with Crippen LogP contribution in [0.3, 0.4) is 0 Å². The van der Waals surface area contributed by atoms with Crippen LogP contribution < -0.4 is 10.1 Å². The Bertz CT molecular complexity index is 823. The maximum absolute atomic E-state index is 12.2. The minimum atomic E-state index is -0.690. The normalized spacial score (nSPS) is 30.0. The van der Waals surface area contributed by atoms with Crippen molar-refractivity contribution in [2.45, 2.75) is 32.4 Å². The number of benzene rings is 2. The lowest BCUT2D eigenvalue weighted by Gasteiger charge is -2.32. The number of hydrogen-bond donors (Lipinski definition) is 1. The maximum Gasteiger partial charge on any atom is 0.249 e. The van der Waals surface area contributed by atoms with E-state index < -0.39 is 5.72 Å². The number of fused-ring (bicyclic) bond motifs is 4. The number of carbonyl (C=O) groups is 1. The molecule has 2 aromatic rings. The molecule has 3 nitrogen and oxygen atoms in total. The zero-order valence-corrected chi connectivity index (χ0v) is 13.0. The Morgan fingerprint density at radius 2 is 1.86 bits per heavy atom. The minimum absolute atomic E-state index is 0.0470. The quantitative estimate of drug-likeness (QED) is 0.803. The molecule has 3 atom stereocenters. The number of carbonyl (C=O) groups excluding carboxylic acids is 1. The molecule has 0 saturated heterocycles. The first kappa shape index (κ1) is 13.4. The van der Waals surface area contributed by atoms with Crippen molar-refractivity contribution in [1.29, 1.82) is 0 Å². The van der Waals surface area contributed by atoms with Crippen molar-refractivity contribution >= 4 is 16.7 Å². The van der Waals surface area contributed by atoms with E-state index in [1.54, 1.807) is 0 Å². The number of ether oxygens (including phenoxy) is 1. The second-order valence-corrected chi connectivity index (χ2v) is 6.59. The van der Waals surface area contributed by atoms with E-state index in [1.165, 1.54) is 10.9 Å². The van der Waals surface area contributed by atoms with Gasteiger partial charge in [-0.15, -0.1) is 0 Å². The van der Waals surface area contributed by atoms with Crippen LogP contribution in [0.1, 0.15) is 32.3 Å². The van der Waals surface area contributed by atoms with E-state index in [0.29, 0.717) is 0 Å². The second-order valence-electron chi connectivity index (χ2n) is 6.59. The Morgan fingerprint density at radius 1 is 1.18 bits per heavy atom. The van der Waals surface area contributed by atoms with Crippen LogP contribution in [-0.2, 0) is 4.79 Å². The van der Waals surface area contributed by atoms with Gasteiger partial charge < -0.3 is 10.1 Å². The highest BCUT2D eigenvalue weighted by Gasteiger charge is 2.49. The molecule has 2 heterocycles. The molecule has 2 aliphatic rings. The Hall–Kier alpha value is -2.29. The smallest absolute Gasteiger partial charge is 0.249 e. The fourth-order valence-electron chi connectivity index (χ4n) is 3.94. The molecule has 2 aromatic carbocycles. The fraction of sp³-hybridized carbons (Fsp3) is 0.316. The highest BCUT2D eigenvalue weighted by atomic mass is 16.5. The molecule has 1 amide bonds. The zero-order chi connectivity index (χ0) is 15.5. The van der Waals surface area contributed by atoms with E-state index in [-0.39, 0.29) is 17.7 Å². The zero-order valence-electron chi connectivity index (χ0n) is 13.0. The van der Waals surface area contributed by atoms with Crippen LogP contribution in [-0.4, -0.2) is 11.6 Å². The van der Waals surface area contributed by atoms with E-state index in [4.69, 9.17) is 4.74 Å². The van der Waals surface area contributed by atoms with Crippen molar-refractivity contribution in [3.63, 3.8) is 0 Å². The summed E-state index contributed by atoms with van der Waals surface area (Å²) in [5.74, 6) is 1.18. The van der Waals surface area contributed by atoms with E-state index in [1.807, 2.05) is 26.0 Å². The highest BCUT2D eigenvalue weighted by molar-refractivity contribution is 5.94. The van der Waals surface area contributed by atoms with Gasteiger partial charge in [-0.05, 0) is 42.7 Å². The molecular formula is C19H19NO2. The van der Waals surface area contributed by atoms with Crippen LogP contribution in [0.4, 0.5) is 0 Å². The van der Waals surface area contributed by atoms with Gasteiger partial charge in [0.05, 0.1) is 5.92 Å². The summed E-state index contributed by atoms with van der Waals surface area (Å²) >= 11 is 0. The van der Waals surface area contributed by atoms with Gasteiger partial charge in [0.2, 0.25) is 5.91 Å². The van der Waals surface area contributed by atoms with Gasteiger partial charge in [-0.3, -0.25) is 4.79 Å². The second kappa shape index (κ2) is 4.35. The lowest BCUT2D eigenvalue weighted by atomic mass is 9.81. The standard InChI is InChI=1S/C19H19NO2/c1-11-8-12(2)18(21)20-19(3)17(11)15-9-13-6-4-5-7-14(13)10-16(15)22-19/h4-11,17H,1-3H3,(H,20,21)/t11-,17-,19+/m1/s1. The van der Waals surface area contributed by atoms with Gasteiger partial charge in [0, 0.05) is 11.1 Å². The lowest BCUT2D eigenvalue weighted by molar-refractivity contribution is -0.122. The third-order valence-corrected chi connectivity index (χ3v) is 4.89. The average Bonchev–Trinajstić information content (AvgIpc) is 2.70. The molecule has 0 unspecified atom stereocenters. The van der Waals surface area contributed by atoms with Gasteiger partial charge in [0.15, 0.2) is 5.72 Å². The molecule has 112 valence electrons. The Kier molecular flexibility index (Phi) is 2.65. The summed E-state index contributed by atoms with van der Waals surface area (Å²) in [6.45, 7) is 5.99. The summed E-state index contributed by atoms with van der Waals surface area (Å²) < 4.78 is 6.21. The monoisotopic (exact) mass is 293 g/mol. The summed E-state index contributed by atoms with van der Waals surface area (Å²) in [7, 11) is 0. The number of amides is 1. The molecule has 0 bridgehead atoms. The number of hydrogen-bond acceptors (Lipinski definition) is 2. The van der Waals surface area contributed by atoms with Gasteiger partial charge in [0.25, 0.3) is 0 Å². The first-order chi connectivity index (χ1) is 10.5. The van der Waals surface area contributed by atoms with Gasteiger partial charge in [-0.25, -0.2) is 0 Å². The molecule has 0 fully saturated rings. The molecule has 0 aliphatic carbocycles. The van der Waals surface area contributed by atoms with E-state index in [2.05, 4.69) is 42.6 Å². The third-order valence-electron chi connectivity index (χ3n) is 4.89. The number of rotatable bonds is 0. The van der Waals surface area contributed by atoms with Crippen LogP contribution in [0.2, 0.25) is 0 Å². The highest BCUT2D eigenvalue weighted by Crippen LogP contribution is 2.50. The van der Waals surface area contributed by atoms with Gasteiger partial charge in [0.1, 0.15) is 5.75 Å². The van der Waals surface area contributed by atoms with E-state index >= 15 is 0 Å². The van der Waals surface area contributed by atoms with Crippen molar-refractivity contribution in [2.75, 3.05) is 0 Å². The largest absolute Gasteiger partial charge is 0.467 e. The van der Waals surface area contributed by atoms with Crippen LogP contribution >= 0.6 is 0 Å². The summed E-state index contributed by atoms with van der Waals surface area (Å²) in [5, 5.41) is 5.43. The van der Waals surface area contributed by atoms with Gasteiger partial charge in [-0.2, -0.15) is 0 Å². The average molecular weight is 293 g/mol. The molecule has 1 N–H and O–H groups in total. The minimum Gasteiger partial charge on any atom is -0.467 e. The van der Waals surface area contributed by atoms with Gasteiger partial charge >= 0.3 is 0 Å². The summed E-state index contributed by atoms with van der Waals surface area (Å²) in [4.78, 5) is 12.2. The molecule has 0 saturated carbocycles. The Morgan fingerprint density at radius 3 is 2.59 bits per heavy atom. The van der Waals surface area contributed by atoms with Crippen LogP contribution in [0.25, 0.3) is 10.8 Å². The molecule has 3 heteroatoms. The van der Waals surface area contributed by atoms with E-state index in [9.17, 15) is 4.79 Å². The maximum atomic E-state index is 12.2. The van der Waals surface area contributed by atoms with Crippen molar-refractivity contribution < 1.29 is 9.53 Å². The topological polar surface area (TPSA) is 38.3 Å². The molecular weight excluding hydrogens is 274 g/mol. The number of nitrogens with one attached hydrogen (secondary N) is 1. The number of allylic oxidation sites excluding steroid dienone is 1. The van der Waals surface area contributed by atoms with Gasteiger partial charge in [-0.1, -0.05) is 37.3 Å². The van der Waals surface area contributed by atoms with Crippen molar-refractivity contribution in [3.8, 4) is 5.75 Å². The molecule has 2 aliphatic heterocycles. The van der Waals surface area contributed by atoms with Crippen molar-refractivity contribution in [1.82, 2.24) is 5.32 Å². The Labute approximate surface area is 130 Å². The first-order valence-electron chi connectivity index (χ1n) is 7.70. The summed E-state index contributed by atoms with van der Waals surface area (Å²) in [6.07, 6.45) is 2.05. The predicted octanol–water partition coefficient (Wildman–Crippen LogP) is 3.74. The Balaban J connectivity index is 1.92.